The Morgan fingerprint density at radius 1 is 1.46 bits per heavy atom. The van der Waals surface area contributed by atoms with Crippen LogP contribution in [0.25, 0.3) is 0 Å². The smallest absolute Gasteiger partial charge is 0.309 e. The lowest BCUT2D eigenvalue weighted by molar-refractivity contribution is -0.148. The number of nitrogens with two attached hydrogens (primary N) is 1. The van der Waals surface area contributed by atoms with E-state index in [0.717, 1.165) is 12.8 Å². The molecule has 2 atom stereocenters. The van der Waals surface area contributed by atoms with E-state index in [-0.39, 0.29) is 11.9 Å². The van der Waals surface area contributed by atoms with Crippen molar-refractivity contribution in [2.45, 2.75) is 33.6 Å². The molecular formula is C10H21NO2. The van der Waals surface area contributed by atoms with Crippen LogP contribution >= 0.6 is 0 Å². The van der Waals surface area contributed by atoms with E-state index in [0.29, 0.717) is 19.1 Å². The van der Waals surface area contributed by atoms with Gasteiger partial charge in [0.15, 0.2) is 0 Å². The Kier molecular flexibility index (Phi) is 6.59. The molecule has 0 saturated heterocycles. The standard InChI is InChI=1S/C10H21NO2/c1-4-5-8(2)7-13-10(12)9(3)6-11/h8-9H,4-7,11H2,1-3H3. The van der Waals surface area contributed by atoms with Gasteiger partial charge in [0, 0.05) is 6.54 Å². The molecule has 0 rings (SSSR count). The molecule has 2 unspecified atom stereocenters. The first-order valence-electron chi connectivity index (χ1n) is 4.98. The summed E-state index contributed by atoms with van der Waals surface area (Å²) in [6, 6.07) is 0. The predicted molar refractivity (Wildman–Crippen MR) is 53.2 cm³/mol. The van der Waals surface area contributed by atoms with Gasteiger partial charge in [-0.3, -0.25) is 4.79 Å². The molecule has 0 fully saturated rings. The number of carbonyl (C=O) groups excluding carboxylic acids is 1. The van der Waals surface area contributed by atoms with Crippen LogP contribution in [0.2, 0.25) is 0 Å². The molecule has 78 valence electrons. The minimum atomic E-state index is -0.176. The van der Waals surface area contributed by atoms with Crippen molar-refractivity contribution >= 4 is 5.97 Å². The lowest BCUT2D eigenvalue weighted by atomic mass is 10.1. The van der Waals surface area contributed by atoms with Crippen LogP contribution in [0.5, 0.6) is 0 Å². The van der Waals surface area contributed by atoms with E-state index in [2.05, 4.69) is 13.8 Å². The quantitative estimate of drug-likeness (QED) is 0.642. The highest BCUT2D eigenvalue weighted by atomic mass is 16.5. The van der Waals surface area contributed by atoms with Crippen molar-refractivity contribution in [1.82, 2.24) is 0 Å². The van der Waals surface area contributed by atoms with Crippen LogP contribution in [0.4, 0.5) is 0 Å². The van der Waals surface area contributed by atoms with Crippen LogP contribution in [0.1, 0.15) is 33.6 Å². The second-order valence-corrected chi connectivity index (χ2v) is 3.66. The number of esters is 1. The molecule has 0 spiro atoms. The molecule has 3 heteroatoms. The number of hydrogen-bond donors (Lipinski definition) is 1. The zero-order valence-corrected chi connectivity index (χ0v) is 8.88. The van der Waals surface area contributed by atoms with Gasteiger partial charge in [-0.25, -0.2) is 0 Å². The summed E-state index contributed by atoms with van der Waals surface area (Å²) in [7, 11) is 0. The number of ether oxygens (including phenoxy) is 1. The van der Waals surface area contributed by atoms with E-state index in [1.807, 2.05) is 0 Å². The maximum atomic E-state index is 11.2. The highest BCUT2D eigenvalue weighted by Gasteiger charge is 2.13. The fourth-order valence-corrected chi connectivity index (χ4v) is 1.04. The van der Waals surface area contributed by atoms with Crippen molar-refractivity contribution in [3.05, 3.63) is 0 Å². The van der Waals surface area contributed by atoms with Crippen molar-refractivity contribution in [3.8, 4) is 0 Å². The van der Waals surface area contributed by atoms with Gasteiger partial charge in [-0.05, 0) is 12.3 Å². The summed E-state index contributed by atoms with van der Waals surface area (Å²) >= 11 is 0. The van der Waals surface area contributed by atoms with Gasteiger partial charge in [-0.1, -0.05) is 27.2 Å². The van der Waals surface area contributed by atoms with E-state index >= 15 is 0 Å². The van der Waals surface area contributed by atoms with Crippen molar-refractivity contribution in [2.24, 2.45) is 17.6 Å². The first-order valence-corrected chi connectivity index (χ1v) is 4.98. The monoisotopic (exact) mass is 187 g/mol. The van der Waals surface area contributed by atoms with Crippen molar-refractivity contribution in [1.29, 1.82) is 0 Å². The Hall–Kier alpha value is -0.570. The predicted octanol–water partition coefficient (Wildman–Crippen LogP) is 1.56. The van der Waals surface area contributed by atoms with Gasteiger partial charge in [-0.2, -0.15) is 0 Å². The van der Waals surface area contributed by atoms with Crippen molar-refractivity contribution in [2.75, 3.05) is 13.2 Å². The van der Waals surface area contributed by atoms with E-state index < -0.39 is 0 Å². The highest BCUT2D eigenvalue weighted by molar-refractivity contribution is 5.72. The minimum absolute atomic E-state index is 0.172. The summed E-state index contributed by atoms with van der Waals surface area (Å²) in [6.07, 6.45) is 2.23. The third kappa shape index (κ3) is 5.64. The van der Waals surface area contributed by atoms with Crippen LogP contribution in [0.15, 0.2) is 0 Å². The van der Waals surface area contributed by atoms with Crippen LogP contribution in [0, 0.1) is 11.8 Å². The fraction of sp³-hybridized carbons (Fsp3) is 0.900. The Balaban J connectivity index is 3.57. The van der Waals surface area contributed by atoms with Gasteiger partial charge in [0.2, 0.25) is 0 Å². The molecule has 0 aliphatic rings. The summed E-state index contributed by atoms with van der Waals surface area (Å²) in [5, 5.41) is 0. The second-order valence-electron chi connectivity index (χ2n) is 3.66. The van der Waals surface area contributed by atoms with Crippen LogP contribution < -0.4 is 5.73 Å². The Morgan fingerprint density at radius 3 is 2.54 bits per heavy atom. The molecule has 0 aromatic heterocycles. The molecule has 0 saturated carbocycles. The lowest BCUT2D eigenvalue weighted by Crippen LogP contribution is -2.24. The average molecular weight is 187 g/mol. The lowest BCUT2D eigenvalue weighted by Gasteiger charge is -2.13. The minimum Gasteiger partial charge on any atom is -0.465 e. The Labute approximate surface area is 80.6 Å². The van der Waals surface area contributed by atoms with Gasteiger partial charge in [0.05, 0.1) is 12.5 Å². The third-order valence-electron chi connectivity index (χ3n) is 2.05. The zero-order chi connectivity index (χ0) is 10.3. The van der Waals surface area contributed by atoms with Gasteiger partial charge in [-0.15, -0.1) is 0 Å². The summed E-state index contributed by atoms with van der Waals surface area (Å²) in [6.45, 7) is 6.88. The molecule has 13 heavy (non-hydrogen) atoms. The summed E-state index contributed by atoms with van der Waals surface area (Å²) in [4.78, 5) is 11.2. The maximum absolute atomic E-state index is 11.2. The molecular weight excluding hydrogens is 166 g/mol. The molecule has 0 heterocycles. The van der Waals surface area contributed by atoms with Gasteiger partial charge < -0.3 is 10.5 Å². The third-order valence-corrected chi connectivity index (χ3v) is 2.05. The molecule has 0 amide bonds. The van der Waals surface area contributed by atoms with E-state index in [4.69, 9.17) is 10.5 Å². The van der Waals surface area contributed by atoms with Crippen LogP contribution in [-0.4, -0.2) is 19.1 Å². The van der Waals surface area contributed by atoms with Crippen LogP contribution in [0.3, 0.4) is 0 Å². The van der Waals surface area contributed by atoms with Crippen molar-refractivity contribution in [3.63, 3.8) is 0 Å². The molecule has 2 N–H and O–H groups in total. The normalized spacial score (nSPS) is 15.1. The molecule has 0 aromatic rings. The molecule has 0 aliphatic heterocycles. The Morgan fingerprint density at radius 2 is 2.08 bits per heavy atom. The van der Waals surface area contributed by atoms with Gasteiger partial charge in [0.1, 0.15) is 0 Å². The maximum Gasteiger partial charge on any atom is 0.309 e. The van der Waals surface area contributed by atoms with Crippen molar-refractivity contribution < 1.29 is 9.53 Å². The molecule has 0 bridgehead atoms. The molecule has 0 aromatic carbocycles. The fourth-order valence-electron chi connectivity index (χ4n) is 1.04. The highest BCUT2D eigenvalue weighted by Crippen LogP contribution is 2.06. The SMILES string of the molecule is CCCC(C)COC(=O)C(C)CN. The molecule has 0 aliphatic carbocycles. The summed E-state index contributed by atoms with van der Waals surface area (Å²) in [5.74, 6) is 0.109. The van der Waals surface area contributed by atoms with E-state index in [1.54, 1.807) is 6.92 Å². The van der Waals surface area contributed by atoms with E-state index in [9.17, 15) is 4.79 Å². The second kappa shape index (κ2) is 6.89. The number of rotatable bonds is 6. The molecule has 3 nitrogen and oxygen atoms in total. The number of hydrogen-bond acceptors (Lipinski definition) is 3. The largest absolute Gasteiger partial charge is 0.465 e. The molecule has 0 radical (unpaired) electrons. The first kappa shape index (κ1) is 12.4. The zero-order valence-electron chi connectivity index (χ0n) is 8.88. The number of carbonyl (C=O) groups is 1. The topological polar surface area (TPSA) is 52.3 Å². The van der Waals surface area contributed by atoms with E-state index in [1.165, 1.54) is 0 Å². The summed E-state index contributed by atoms with van der Waals surface area (Å²) < 4.78 is 5.09. The van der Waals surface area contributed by atoms with Gasteiger partial charge >= 0.3 is 5.97 Å². The summed E-state index contributed by atoms with van der Waals surface area (Å²) in [5.41, 5.74) is 5.34. The average Bonchev–Trinajstić information content (AvgIpc) is 2.13. The first-order chi connectivity index (χ1) is 6.11. The Bertz CT molecular complexity index is 148. The van der Waals surface area contributed by atoms with Crippen LogP contribution in [-0.2, 0) is 9.53 Å². The van der Waals surface area contributed by atoms with Gasteiger partial charge in [0.25, 0.3) is 0 Å².